The van der Waals surface area contributed by atoms with Crippen LogP contribution in [0.25, 0.3) is 32.8 Å². The van der Waals surface area contributed by atoms with E-state index in [-0.39, 0.29) is 64.2 Å². The summed E-state index contributed by atoms with van der Waals surface area (Å²) in [5.41, 5.74) is 0.132. The SMILES string of the molecule is C#Cc1c(F)ccc2cc(O)cc(-c3ccc4c(N5CCC6(CCCS6(=O)=O)CC5)nc(OC[C@@H]5CCCNC[C@H](F)C5)nc4c3F)c12. The molecule has 8 nitrogen and oxygen atoms in total. The van der Waals surface area contributed by atoms with Crippen molar-refractivity contribution in [3.05, 3.63) is 53.6 Å². The van der Waals surface area contributed by atoms with Gasteiger partial charge in [-0.2, -0.15) is 9.97 Å². The van der Waals surface area contributed by atoms with Gasteiger partial charge >= 0.3 is 6.01 Å². The molecule has 4 aromatic rings. The number of sulfone groups is 1. The van der Waals surface area contributed by atoms with Crippen LogP contribution in [0.1, 0.15) is 50.5 Å². The van der Waals surface area contributed by atoms with Gasteiger partial charge in [0, 0.05) is 36.0 Å². The maximum atomic E-state index is 16.8. The quantitative estimate of drug-likeness (QED) is 0.245. The van der Waals surface area contributed by atoms with Crippen molar-refractivity contribution in [1.29, 1.82) is 0 Å². The first-order valence-corrected chi connectivity index (χ1v) is 18.1. The van der Waals surface area contributed by atoms with Gasteiger partial charge in [0.05, 0.1) is 22.7 Å². The number of alkyl halides is 1. The molecule has 1 spiro atoms. The van der Waals surface area contributed by atoms with E-state index in [4.69, 9.17) is 16.1 Å². The van der Waals surface area contributed by atoms with Crippen molar-refractivity contribution in [1.82, 2.24) is 15.3 Å². The highest BCUT2D eigenvalue weighted by molar-refractivity contribution is 7.93. The van der Waals surface area contributed by atoms with E-state index in [1.807, 2.05) is 4.90 Å². The van der Waals surface area contributed by atoms with Crippen LogP contribution in [0.2, 0.25) is 0 Å². The van der Waals surface area contributed by atoms with Crippen LogP contribution < -0.4 is 15.0 Å². The van der Waals surface area contributed by atoms with Crippen molar-refractivity contribution in [3.63, 3.8) is 0 Å². The Bertz CT molecular complexity index is 2040. The van der Waals surface area contributed by atoms with Crippen molar-refractivity contribution < 1.29 is 31.4 Å². The van der Waals surface area contributed by atoms with Crippen molar-refractivity contribution in [2.45, 2.75) is 55.9 Å². The fraction of sp³-hybridized carbons (Fsp3) is 0.444. The Morgan fingerprint density at radius 3 is 2.65 bits per heavy atom. The van der Waals surface area contributed by atoms with Crippen LogP contribution in [0.15, 0.2) is 36.4 Å². The van der Waals surface area contributed by atoms with Crippen LogP contribution in [-0.4, -0.2) is 72.9 Å². The van der Waals surface area contributed by atoms with Crippen molar-refractivity contribution in [3.8, 4) is 35.2 Å². The molecule has 2 N–H and O–H groups in total. The lowest BCUT2D eigenvalue weighted by Gasteiger charge is -2.39. The highest BCUT2D eigenvalue weighted by atomic mass is 32.2. The van der Waals surface area contributed by atoms with Crippen LogP contribution in [0.4, 0.5) is 19.0 Å². The number of hydrogen-bond donors (Lipinski definition) is 2. The molecule has 3 saturated heterocycles. The second-order valence-corrected chi connectivity index (χ2v) is 15.8. The minimum atomic E-state index is -3.21. The molecule has 0 bridgehead atoms. The number of phenolic OH excluding ortho intramolecular Hbond substituents is 1. The lowest BCUT2D eigenvalue weighted by Crippen LogP contribution is -2.47. The third-order valence-electron chi connectivity index (χ3n) is 10.3. The van der Waals surface area contributed by atoms with Gasteiger partial charge in [-0.1, -0.05) is 18.1 Å². The molecule has 0 unspecified atom stereocenters. The first-order chi connectivity index (χ1) is 23.1. The molecule has 4 heterocycles. The van der Waals surface area contributed by atoms with Gasteiger partial charge in [0.25, 0.3) is 0 Å². The zero-order chi connectivity index (χ0) is 33.6. The molecule has 7 rings (SSSR count). The molecule has 252 valence electrons. The molecule has 3 aliphatic heterocycles. The second kappa shape index (κ2) is 12.7. The van der Waals surface area contributed by atoms with E-state index in [9.17, 15) is 22.3 Å². The number of aromatic hydroxyl groups is 1. The molecule has 1 aromatic heterocycles. The molecule has 0 aliphatic carbocycles. The molecule has 3 fully saturated rings. The number of terminal acetylenes is 1. The molecule has 0 saturated carbocycles. The Hall–Kier alpha value is -4.08. The van der Waals surface area contributed by atoms with Crippen LogP contribution in [0.3, 0.4) is 0 Å². The maximum absolute atomic E-state index is 16.8. The Balaban J connectivity index is 1.32. The average Bonchev–Trinajstić information content (AvgIpc) is 3.34. The Morgan fingerprint density at radius 1 is 1.08 bits per heavy atom. The Kier molecular flexibility index (Phi) is 8.62. The first-order valence-electron chi connectivity index (χ1n) is 16.5. The molecule has 3 aliphatic rings. The van der Waals surface area contributed by atoms with Gasteiger partial charge in [-0.05, 0) is 92.6 Å². The van der Waals surface area contributed by atoms with Gasteiger partial charge in [0.15, 0.2) is 15.7 Å². The number of aromatic nitrogens is 2. The number of anilines is 1. The lowest BCUT2D eigenvalue weighted by molar-refractivity contribution is 0.166. The van der Waals surface area contributed by atoms with Crippen LogP contribution >= 0.6 is 0 Å². The number of fused-ring (bicyclic) bond motifs is 2. The molecule has 12 heteroatoms. The number of ether oxygens (including phenoxy) is 1. The molecule has 0 radical (unpaired) electrons. The molecular weight excluding hydrogens is 641 g/mol. The van der Waals surface area contributed by atoms with Gasteiger partial charge in [-0.3, -0.25) is 0 Å². The summed E-state index contributed by atoms with van der Waals surface area (Å²) in [6.45, 7) is 1.94. The summed E-state index contributed by atoms with van der Waals surface area (Å²) in [5, 5.41) is 14.8. The van der Waals surface area contributed by atoms with E-state index in [0.29, 0.717) is 68.3 Å². The lowest BCUT2D eigenvalue weighted by atomic mass is 9.91. The average molecular weight is 679 g/mol. The van der Waals surface area contributed by atoms with Gasteiger partial charge in [0.1, 0.15) is 29.1 Å². The van der Waals surface area contributed by atoms with Crippen LogP contribution in [-0.2, 0) is 9.84 Å². The summed E-state index contributed by atoms with van der Waals surface area (Å²) in [6, 6.07) is 8.58. The van der Waals surface area contributed by atoms with E-state index in [2.05, 4.69) is 16.2 Å². The standard InChI is InChI=1S/C36H37F3N4O4S/c1-2-26-30(38)9-6-23-18-25(44)19-29(31(23)26)27-7-8-28-33(32(27)39)41-35(47-21-22-5-3-13-40-20-24(37)17-22)42-34(28)43-14-11-36(12-15-43)10-4-16-48(36,45)46/h1,6-9,18-19,22,24,40,44H,3-5,10-17,20-21H2/t22-,24-/m1/s1. The minimum Gasteiger partial charge on any atom is -0.508 e. The summed E-state index contributed by atoms with van der Waals surface area (Å²) < 4.78 is 77.4. The topological polar surface area (TPSA) is 105 Å². The van der Waals surface area contributed by atoms with Gasteiger partial charge in [-0.15, -0.1) is 6.42 Å². The highest BCUT2D eigenvalue weighted by Crippen LogP contribution is 2.44. The van der Waals surface area contributed by atoms with Gasteiger partial charge < -0.3 is 20.1 Å². The van der Waals surface area contributed by atoms with E-state index in [1.165, 1.54) is 30.3 Å². The largest absolute Gasteiger partial charge is 0.508 e. The van der Waals surface area contributed by atoms with Crippen LogP contribution in [0, 0.1) is 29.9 Å². The highest BCUT2D eigenvalue weighted by Gasteiger charge is 2.49. The van der Waals surface area contributed by atoms with Crippen molar-refractivity contribution in [2.75, 3.05) is 43.4 Å². The van der Waals surface area contributed by atoms with Crippen molar-refractivity contribution in [2.24, 2.45) is 5.92 Å². The van der Waals surface area contributed by atoms with Gasteiger partial charge in [0.2, 0.25) is 0 Å². The number of hydrogen-bond acceptors (Lipinski definition) is 8. The summed E-state index contributed by atoms with van der Waals surface area (Å²) in [7, 11) is -3.21. The summed E-state index contributed by atoms with van der Waals surface area (Å²) in [5.74, 6) is 1.35. The number of piperidine rings is 1. The molecular formula is C36H37F3N4O4S. The first kappa shape index (κ1) is 32.5. The number of nitrogens with one attached hydrogen (secondary N) is 1. The number of nitrogens with zero attached hydrogens (tertiary/aromatic N) is 3. The van der Waals surface area contributed by atoms with Gasteiger partial charge in [-0.25, -0.2) is 21.6 Å². The minimum absolute atomic E-state index is 0.0449. The fourth-order valence-corrected chi connectivity index (χ4v) is 9.96. The third-order valence-corrected chi connectivity index (χ3v) is 13.1. The predicted octanol–water partition coefficient (Wildman–Crippen LogP) is 6.07. The van der Waals surface area contributed by atoms with E-state index in [0.717, 1.165) is 12.8 Å². The predicted molar refractivity (Wildman–Crippen MR) is 180 cm³/mol. The Labute approximate surface area is 277 Å². The number of halogens is 3. The normalized spacial score (nSPS) is 22.4. The van der Waals surface area contributed by atoms with E-state index < -0.39 is 32.4 Å². The summed E-state index contributed by atoms with van der Waals surface area (Å²) in [4.78, 5) is 11.2. The molecule has 48 heavy (non-hydrogen) atoms. The monoisotopic (exact) mass is 678 g/mol. The summed E-state index contributed by atoms with van der Waals surface area (Å²) >= 11 is 0. The summed E-state index contributed by atoms with van der Waals surface area (Å²) in [6.07, 6.45) is 8.72. The number of rotatable bonds is 5. The Morgan fingerprint density at radius 2 is 1.90 bits per heavy atom. The van der Waals surface area contributed by atoms with Crippen molar-refractivity contribution >= 4 is 37.3 Å². The number of benzene rings is 3. The maximum Gasteiger partial charge on any atom is 0.319 e. The third kappa shape index (κ3) is 5.81. The van der Waals surface area contributed by atoms with Crippen LogP contribution in [0.5, 0.6) is 11.8 Å². The zero-order valence-corrected chi connectivity index (χ0v) is 27.3. The van der Waals surface area contributed by atoms with E-state index in [1.54, 1.807) is 6.07 Å². The van der Waals surface area contributed by atoms with E-state index >= 15 is 4.39 Å². The molecule has 2 atom stereocenters. The second-order valence-electron chi connectivity index (χ2n) is 13.3. The zero-order valence-electron chi connectivity index (χ0n) is 26.4. The fourth-order valence-electron chi connectivity index (χ4n) is 7.74. The number of phenols is 1. The molecule has 3 aromatic carbocycles. The molecule has 0 amide bonds. The smallest absolute Gasteiger partial charge is 0.319 e.